The maximum absolute atomic E-state index is 13.3. The van der Waals surface area contributed by atoms with Crippen LogP contribution in [-0.4, -0.2) is 65.1 Å². The summed E-state index contributed by atoms with van der Waals surface area (Å²) in [6.07, 6.45) is 4.64. The zero-order valence-corrected chi connectivity index (χ0v) is 22.9. The molecule has 0 spiro atoms. The number of aliphatic hydroxyl groups is 1. The van der Waals surface area contributed by atoms with Gasteiger partial charge in [0.15, 0.2) is 0 Å². The van der Waals surface area contributed by atoms with Crippen molar-refractivity contribution >= 4 is 35.1 Å². The molecule has 1 N–H and O–H groups in total. The van der Waals surface area contributed by atoms with Crippen molar-refractivity contribution in [3.63, 3.8) is 0 Å². The molecule has 4 rings (SSSR count). The van der Waals surface area contributed by atoms with Gasteiger partial charge in [-0.15, -0.1) is 6.58 Å². The molecule has 0 radical (unpaired) electrons. The summed E-state index contributed by atoms with van der Waals surface area (Å²) in [6, 6.07) is 12.7. The minimum atomic E-state index is -0.993. The molecule has 1 aliphatic carbocycles. The van der Waals surface area contributed by atoms with Gasteiger partial charge in [0.05, 0.1) is 22.1 Å². The molecule has 2 aliphatic rings. The maximum atomic E-state index is 13.3. The van der Waals surface area contributed by atoms with Crippen LogP contribution in [0.3, 0.4) is 0 Å². The predicted molar refractivity (Wildman–Crippen MR) is 146 cm³/mol. The Morgan fingerprint density at radius 2 is 2.00 bits per heavy atom. The van der Waals surface area contributed by atoms with Gasteiger partial charge >= 0.3 is 5.97 Å². The van der Waals surface area contributed by atoms with Crippen LogP contribution in [0.15, 0.2) is 55.1 Å². The SMILES string of the molecule is C=CCN1CC[C@@]2(c3cccc(OC(C)=O)c3)C[C@@H](N(C)C(=O)Cc3ccc(Cl)c(Cl)c3)CC[C@]2(O)C1. The van der Waals surface area contributed by atoms with Crippen molar-refractivity contribution < 1.29 is 19.4 Å². The molecule has 3 atom stereocenters. The van der Waals surface area contributed by atoms with Gasteiger partial charge in [0.2, 0.25) is 5.91 Å². The number of benzene rings is 2. The molecule has 2 aromatic rings. The van der Waals surface area contributed by atoms with E-state index in [1.54, 1.807) is 18.2 Å². The van der Waals surface area contributed by atoms with Gasteiger partial charge in [-0.2, -0.15) is 0 Å². The van der Waals surface area contributed by atoms with Crippen LogP contribution in [0.2, 0.25) is 10.0 Å². The summed E-state index contributed by atoms with van der Waals surface area (Å²) in [4.78, 5) is 29.0. The number of carbonyl (C=O) groups excluding carboxylic acids is 2. The van der Waals surface area contributed by atoms with Crippen molar-refractivity contribution in [2.24, 2.45) is 0 Å². The lowest BCUT2D eigenvalue weighted by atomic mass is 9.55. The standard InChI is InChI=1S/C29H34Cl2N2O4/c1-4-13-33-14-12-28(22-6-5-7-24(17-22)37-20(2)34)18-23(10-11-29(28,36)19-33)32(3)27(35)16-21-8-9-25(30)26(31)15-21/h4-9,15,17,23,36H,1,10-14,16,18-19H2,2-3H3/t23-,28-,29-/m0/s1. The third-order valence-electron chi connectivity index (χ3n) is 8.02. The second kappa shape index (κ2) is 11.2. The molecule has 2 fully saturated rings. The van der Waals surface area contributed by atoms with E-state index in [9.17, 15) is 14.7 Å². The van der Waals surface area contributed by atoms with Crippen molar-refractivity contribution in [2.45, 2.75) is 56.1 Å². The van der Waals surface area contributed by atoms with Crippen LogP contribution in [0.5, 0.6) is 5.75 Å². The summed E-state index contributed by atoms with van der Waals surface area (Å²) in [6.45, 7) is 7.25. The third-order valence-corrected chi connectivity index (χ3v) is 8.76. The first-order chi connectivity index (χ1) is 17.6. The number of hydrogen-bond acceptors (Lipinski definition) is 5. The van der Waals surface area contributed by atoms with E-state index < -0.39 is 11.0 Å². The fourth-order valence-electron chi connectivity index (χ4n) is 6.08. The van der Waals surface area contributed by atoms with E-state index in [4.69, 9.17) is 27.9 Å². The largest absolute Gasteiger partial charge is 0.427 e. The normalized spacial score (nSPS) is 25.7. The number of piperidine rings is 1. The Morgan fingerprint density at radius 1 is 1.22 bits per heavy atom. The van der Waals surface area contributed by atoms with Crippen molar-refractivity contribution in [1.82, 2.24) is 9.80 Å². The van der Waals surface area contributed by atoms with Gasteiger partial charge in [0.25, 0.3) is 0 Å². The number of β-amino-alcohol motifs (C(OH)–C–C–N with tert-alkyl or cyclic N) is 1. The summed E-state index contributed by atoms with van der Waals surface area (Å²) >= 11 is 12.2. The van der Waals surface area contributed by atoms with E-state index in [2.05, 4.69) is 11.5 Å². The van der Waals surface area contributed by atoms with Crippen LogP contribution in [-0.2, 0) is 21.4 Å². The molecule has 8 heteroatoms. The first-order valence-corrected chi connectivity index (χ1v) is 13.4. The molecule has 2 aromatic carbocycles. The minimum Gasteiger partial charge on any atom is -0.427 e. The highest BCUT2D eigenvalue weighted by Crippen LogP contribution is 2.53. The number of likely N-dealkylation sites (N-methyl/N-ethyl adjacent to an activating group) is 1. The van der Waals surface area contributed by atoms with Crippen LogP contribution in [0, 0.1) is 0 Å². The van der Waals surface area contributed by atoms with Crippen LogP contribution < -0.4 is 4.74 Å². The third kappa shape index (κ3) is 5.73. The molecule has 1 aliphatic heterocycles. The van der Waals surface area contributed by atoms with Crippen LogP contribution in [0.25, 0.3) is 0 Å². The van der Waals surface area contributed by atoms with Crippen molar-refractivity contribution in [1.29, 1.82) is 0 Å². The lowest BCUT2D eigenvalue weighted by Crippen LogP contribution is -2.67. The number of amides is 1. The topological polar surface area (TPSA) is 70.1 Å². The molecule has 1 saturated carbocycles. The van der Waals surface area contributed by atoms with Gasteiger partial charge in [0.1, 0.15) is 5.75 Å². The zero-order valence-electron chi connectivity index (χ0n) is 21.4. The Balaban J connectivity index is 1.63. The predicted octanol–water partition coefficient (Wildman–Crippen LogP) is 5.03. The summed E-state index contributed by atoms with van der Waals surface area (Å²) in [5.74, 6) is 0.0584. The number of halogens is 2. The number of nitrogens with zero attached hydrogens (tertiary/aromatic N) is 2. The molecule has 1 amide bonds. The number of rotatable bonds is 7. The van der Waals surface area contributed by atoms with E-state index in [1.165, 1.54) is 6.92 Å². The minimum absolute atomic E-state index is 0.0123. The molecular weight excluding hydrogens is 511 g/mol. The van der Waals surface area contributed by atoms with Crippen molar-refractivity contribution in [3.8, 4) is 5.75 Å². The van der Waals surface area contributed by atoms with E-state index in [-0.39, 0.29) is 24.3 Å². The number of esters is 1. The second-order valence-corrected chi connectivity index (χ2v) is 11.1. The Labute approximate surface area is 228 Å². The molecule has 1 saturated heterocycles. The molecule has 0 aromatic heterocycles. The first kappa shape index (κ1) is 27.6. The van der Waals surface area contributed by atoms with Crippen molar-refractivity contribution in [3.05, 3.63) is 76.3 Å². The highest BCUT2D eigenvalue weighted by molar-refractivity contribution is 6.42. The van der Waals surface area contributed by atoms with E-state index in [0.29, 0.717) is 54.6 Å². The average Bonchev–Trinajstić information content (AvgIpc) is 2.85. The number of ether oxygens (including phenoxy) is 1. The average molecular weight is 546 g/mol. The highest BCUT2D eigenvalue weighted by atomic mass is 35.5. The fourth-order valence-corrected chi connectivity index (χ4v) is 6.40. The maximum Gasteiger partial charge on any atom is 0.308 e. The molecule has 1 heterocycles. The Bertz CT molecular complexity index is 1190. The van der Waals surface area contributed by atoms with Crippen LogP contribution in [0.4, 0.5) is 0 Å². The number of carbonyl (C=O) groups is 2. The monoisotopic (exact) mass is 544 g/mol. The van der Waals surface area contributed by atoms with E-state index in [0.717, 1.165) is 17.7 Å². The summed E-state index contributed by atoms with van der Waals surface area (Å²) in [7, 11) is 1.84. The zero-order chi connectivity index (χ0) is 26.8. The molecule has 37 heavy (non-hydrogen) atoms. The summed E-state index contributed by atoms with van der Waals surface area (Å²) in [5, 5.41) is 13.1. The number of likely N-dealkylation sites (tertiary alicyclic amines) is 1. The van der Waals surface area contributed by atoms with Gasteiger partial charge < -0.3 is 14.7 Å². The van der Waals surface area contributed by atoms with Gasteiger partial charge in [-0.05, 0) is 67.6 Å². The Hall–Kier alpha value is -2.38. The summed E-state index contributed by atoms with van der Waals surface area (Å²) in [5.41, 5.74) is 0.150. The number of fused-ring (bicyclic) bond motifs is 1. The van der Waals surface area contributed by atoms with Gasteiger partial charge in [0, 0.05) is 38.5 Å². The lowest BCUT2D eigenvalue weighted by molar-refractivity contribution is -0.146. The molecule has 0 bridgehead atoms. The van der Waals surface area contributed by atoms with Gasteiger partial charge in [-0.3, -0.25) is 14.5 Å². The highest BCUT2D eigenvalue weighted by Gasteiger charge is 2.58. The summed E-state index contributed by atoms with van der Waals surface area (Å²) < 4.78 is 5.38. The van der Waals surface area contributed by atoms with E-state index >= 15 is 0 Å². The molecule has 0 unspecified atom stereocenters. The fraction of sp³-hybridized carbons (Fsp3) is 0.448. The number of hydrogen-bond donors (Lipinski definition) is 1. The van der Waals surface area contributed by atoms with Crippen molar-refractivity contribution in [2.75, 3.05) is 26.7 Å². The smallest absolute Gasteiger partial charge is 0.308 e. The van der Waals surface area contributed by atoms with Crippen LogP contribution in [0.1, 0.15) is 43.7 Å². The Morgan fingerprint density at radius 3 is 2.70 bits per heavy atom. The molecule has 6 nitrogen and oxygen atoms in total. The first-order valence-electron chi connectivity index (χ1n) is 12.6. The Kier molecular flexibility index (Phi) is 8.34. The van der Waals surface area contributed by atoms with Gasteiger partial charge in [-0.25, -0.2) is 0 Å². The molecular formula is C29H34Cl2N2O4. The lowest BCUT2D eigenvalue weighted by Gasteiger charge is -2.59. The van der Waals surface area contributed by atoms with Crippen LogP contribution >= 0.6 is 23.2 Å². The second-order valence-electron chi connectivity index (χ2n) is 10.3. The van der Waals surface area contributed by atoms with E-state index in [1.807, 2.05) is 42.3 Å². The van der Waals surface area contributed by atoms with Gasteiger partial charge in [-0.1, -0.05) is 47.5 Å². The quantitative estimate of drug-likeness (QED) is 0.300. The molecule has 198 valence electrons.